The van der Waals surface area contributed by atoms with Gasteiger partial charge in [0.2, 0.25) is 5.91 Å². The molecule has 0 bridgehead atoms. The van der Waals surface area contributed by atoms with E-state index in [4.69, 9.17) is 14.6 Å². The molecule has 3 aromatic carbocycles. The lowest BCUT2D eigenvalue weighted by atomic mass is 10.00. The summed E-state index contributed by atoms with van der Waals surface area (Å²) in [5, 5.41) is 11.3. The Kier molecular flexibility index (Phi) is 12.9. The number of ether oxygens (including phenoxy) is 2. The molecule has 12 nitrogen and oxygen atoms in total. The van der Waals surface area contributed by atoms with Crippen LogP contribution in [0.15, 0.2) is 132 Å². The van der Waals surface area contributed by atoms with Crippen molar-refractivity contribution in [2.45, 2.75) is 63.4 Å². The number of thioether (sulfide) groups is 1. The van der Waals surface area contributed by atoms with Crippen LogP contribution in [0.5, 0.6) is 0 Å². The number of rotatable bonds is 11. The maximum atomic E-state index is 14.4. The number of nitrogens with one attached hydrogen (secondary N) is 1. The largest absolute Gasteiger partial charge is 1.00 e. The predicted octanol–water partition coefficient (Wildman–Crippen LogP) is 2.78. The van der Waals surface area contributed by atoms with Crippen LogP contribution in [-0.2, 0) is 36.9 Å². The quantitative estimate of drug-likeness (QED) is 0.101. The van der Waals surface area contributed by atoms with Crippen LogP contribution in [0.25, 0.3) is 0 Å². The summed E-state index contributed by atoms with van der Waals surface area (Å²) >= 11 is 1.39. The fourth-order valence-corrected chi connectivity index (χ4v) is 8.28. The molecule has 0 aliphatic carbocycles. The van der Waals surface area contributed by atoms with Crippen molar-refractivity contribution < 1.29 is 60.1 Å². The molecule has 0 radical (unpaired) electrons. The second-order valence-electron chi connectivity index (χ2n) is 15.0. The Morgan fingerprint density at radius 3 is 2.12 bits per heavy atom. The van der Waals surface area contributed by atoms with Crippen LogP contribution in [-0.4, -0.2) is 74.1 Å². The van der Waals surface area contributed by atoms with E-state index < -0.39 is 47.1 Å². The first-order valence-corrected chi connectivity index (χ1v) is 19.7. The summed E-state index contributed by atoms with van der Waals surface area (Å²) in [6, 6.07) is 28.4. The first-order chi connectivity index (χ1) is 27.3. The summed E-state index contributed by atoms with van der Waals surface area (Å²) in [5.74, 6) is -2.03. The van der Waals surface area contributed by atoms with E-state index in [9.17, 15) is 24.0 Å². The van der Waals surface area contributed by atoms with Gasteiger partial charge in [-0.3, -0.25) is 14.5 Å². The summed E-state index contributed by atoms with van der Waals surface area (Å²) in [4.78, 5) is 69.0. The Hall–Kier alpha value is -5.73. The van der Waals surface area contributed by atoms with E-state index in [1.54, 1.807) is 56.0 Å². The van der Waals surface area contributed by atoms with E-state index in [1.807, 2.05) is 89.8 Å². The summed E-state index contributed by atoms with van der Waals surface area (Å²) in [5.41, 5.74) is 3.92. The summed E-state index contributed by atoms with van der Waals surface area (Å²) in [6.07, 6.45) is 4.51. The highest BCUT2D eigenvalue weighted by Crippen LogP contribution is 2.43. The number of aromatic carboxylic acids is 1. The number of fused-ring (bicyclic) bond motifs is 1. The number of esters is 1. The normalized spacial score (nSPS) is 18.4. The van der Waals surface area contributed by atoms with Gasteiger partial charge >= 0.3 is 18.0 Å². The van der Waals surface area contributed by atoms with Gasteiger partial charge in [0.05, 0.1) is 5.56 Å². The third kappa shape index (κ3) is 9.51. The Morgan fingerprint density at radius 2 is 1.53 bits per heavy atom. The molecule has 3 aliphatic heterocycles. The number of benzene rings is 3. The molecule has 2 N–H and O–H groups in total. The third-order valence-corrected chi connectivity index (χ3v) is 11.1. The Labute approximate surface area is 351 Å². The summed E-state index contributed by atoms with van der Waals surface area (Å²) < 4.78 is 13.6. The van der Waals surface area contributed by atoms with Gasteiger partial charge in [-0.1, -0.05) is 72.8 Å². The highest BCUT2D eigenvalue weighted by Gasteiger charge is 2.55. The smallest absolute Gasteiger partial charge is 0.408 e. The molecule has 0 saturated carbocycles. The number of alkyl carbamates (subject to hydrolysis) is 1. The molecular weight excluding hydrogens is 824 g/mol. The lowest BCUT2D eigenvalue weighted by molar-refractivity contribution is -0.688. The van der Waals surface area contributed by atoms with Crippen LogP contribution in [0.3, 0.4) is 0 Å². The van der Waals surface area contributed by atoms with Crippen molar-refractivity contribution in [1.82, 2.24) is 15.1 Å². The number of nitrogens with zero attached hydrogens (tertiary/aromatic N) is 3. The maximum Gasteiger partial charge on any atom is 0.408 e. The van der Waals surface area contributed by atoms with Crippen molar-refractivity contribution in [2.75, 3.05) is 12.3 Å². The van der Waals surface area contributed by atoms with Crippen molar-refractivity contribution in [1.29, 1.82) is 0 Å². The van der Waals surface area contributed by atoms with Crippen molar-refractivity contribution >= 4 is 41.6 Å². The fraction of sp³-hybridized carbons (Fsp3) is 0.273. The van der Waals surface area contributed by atoms with Gasteiger partial charge in [-0.2, -0.15) is 0 Å². The Balaban J connectivity index is 0.00000567. The molecule has 0 unspecified atom stereocenters. The number of carboxylic acid groups (broad SMARTS) is 1. The monoisotopic (exact) mass is 866 g/mol. The Bertz CT molecular complexity index is 2200. The number of amides is 3. The molecule has 300 valence electrons. The van der Waals surface area contributed by atoms with Crippen molar-refractivity contribution in [3.8, 4) is 0 Å². The highest BCUT2D eigenvalue weighted by molar-refractivity contribution is 8.00. The zero-order chi connectivity index (χ0) is 40.3. The zero-order valence-corrected chi connectivity index (χ0v) is 34.6. The average molecular weight is 868 g/mol. The number of hydrogen-bond donors (Lipinski definition) is 2. The van der Waals surface area contributed by atoms with Crippen LogP contribution in [0.2, 0.25) is 0 Å². The highest BCUT2D eigenvalue weighted by atomic mass is 79.9. The molecule has 14 heteroatoms. The molecule has 0 spiro atoms. The number of likely N-dealkylation sites (tertiary alicyclic amines) is 1. The number of hydrogen-bond acceptors (Lipinski definition) is 8. The molecule has 4 aromatic rings. The predicted molar refractivity (Wildman–Crippen MR) is 211 cm³/mol. The lowest BCUT2D eigenvalue weighted by Gasteiger charge is -2.49. The van der Waals surface area contributed by atoms with Gasteiger partial charge in [0.25, 0.3) is 5.91 Å². The summed E-state index contributed by atoms with van der Waals surface area (Å²) in [6.45, 7) is 6.62. The minimum absolute atomic E-state index is 0. The number of allylic oxidation sites excluding steroid dienone is 1. The van der Waals surface area contributed by atoms with Gasteiger partial charge in [0.1, 0.15) is 22.7 Å². The van der Waals surface area contributed by atoms with Crippen LogP contribution in [0.1, 0.15) is 65.9 Å². The van der Waals surface area contributed by atoms with E-state index in [-0.39, 0.29) is 34.1 Å². The fourth-order valence-electron chi connectivity index (χ4n) is 6.97. The second kappa shape index (κ2) is 17.8. The first-order valence-electron chi connectivity index (χ1n) is 18.6. The standard InChI is InChI=1S/C44H42N4O8S.BrH/c1-44(2,3)56-43(54)45-35-39(50)48-36(42(53)55-37(30-10-6-4-7-11-30)31-12-8-5-9-13-31)34(27-57-40(35)48)24-33-20-23-47(38(33)49)26-29-18-21-46(22-19-29)25-28-14-16-32(17-15-28)41(51)52;/h4-19,21-22,24,35,37,40H,20,23,25-27H2,1-3H3,(H-,45,51,52,54);1H/b33-24+;/t35-,40-;/m1./s1. The zero-order valence-electron chi connectivity index (χ0n) is 32.2. The van der Waals surface area contributed by atoms with E-state index in [0.29, 0.717) is 43.0 Å². The molecule has 1 aromatic heterocycles. The van der Waals surface area contributed by atoms with Crippen LogP contribution >= 0.6 is 11.8 Å². The molecule has 3 aliphatic rings. The molecule has 3 amide bonds. The van der Waals surface area contributed by atoms with Gasteiger partial charge in [0, 0.05) is 42.1 Å². The van der Waals surface area contributed by atoms with Gasteiger partial charge in [-0.15, -0.1) is 11.8 Å². The topological polar surface area (TPSA) is 146 Å². The van der Waals surface area contributed by atoms with Gasteiger partial charge in [-0.05, 0) is 67.7 Å². The number of carboxylic acids is 1. The van der Waals surface area contributed by atoms with E-state index >= 15 is 0 Å². The maximum absolute atomic E-state index is 14.4. The van der Waals surface area contributed by atoms with Gasteiger partial charge in [0.15, 0.2) is 25.0 Å². The summed E-state index contributed by atoms with van der Waals surface area (Å²) in [7, 11) is 0. The lowest BCUT2D eigenvalue weighted by Crippen LogP contribution is -3.00. The van der Waals surface area contributed by atoms with Crippen LogP contribution in [0, 0.1) is 0 Å². The molecule has 2 fully saturated rings. The SMILES string of the molecule is CC(C)(C)OC(=O)N[C@@H]1C(=O)N2C(C(=O)OC(c3ccccc3)c3ccccc3)=C(/C=C3\CCN(Cc4cc[n+](Cc5ccc(C(=O)O)cc5)cc4)C3=O)CS[C@H]12.[Br-]. The van der Waals surface area contributed by atoms with E-state index in [2.05, 4.69) is 5.32 Å². The van der Waals surface area contributed by atoms with Crippen molar-refractivity contribution in [3.05, 3.63) is 160 Å². The minimum atomic E-state index is -0.969. The molecule has 4 heterocycles. The number of halogens is 1. The van der Waals surface area contributed by atoms with E-state index in [1.165, 1.54) is 16.7 Å². The average Bonchev–Trinajstić information content (AvgIpc) is 3.53. The third-order valence-electron chi connectivity index (χ3n) is 9.75. The number of pyridine rings is 1. The van der Waals surface area contributed by atoms with Gasteiger partial charge in [-0.25, -0.2) is 19.0 Å². The van der Waals surface area contributed by atoms with Crippen LogP contribution in [0.4, 0.5) is 4.79 Å². The minimum Gasteiger partial charge on any atom is -1.00 e. The molecule has 7 rings (SSSR count). The number of carbonyl (C=O) groups excluding carboxylic acids is 4. The Morgan fingerprint density at radius 1 is 0.914 bits per heavy atom. The number of β-lactam (4-membered cyclic amide) rings is 1. The molecule has 2 saturated heterocycles. The number of carbonyl (C=O) groups is 5. The van der Waals surface area contributed by atoms with Crippen molar-refractivity contribution in [2.24, 2.45) is 0 Å². The molecule has 2 atom stereocenters. The van der Waals surface area contributed by atoms with Crippen LogP contribution < -0.4 is 26.9 Å². The van der Waals surface area contributed by atoms with Gasteiger partial charge < -0.3 is 41.8 Å². The molecular formula is C44H43BrN4O8S. The molecule has 58 heavy (non-hydrogen) atoms. The number of aromatic nitrogens is 1. The van der Waals surface area contributed by atoms with E-state index in [0.717, 1.165) is 22.3 Å². The van der Waals surface area contributed by atoms with Crippen molar-refractivity contribution in [3.63, 3.8) is 0 Å². The second-order valence-corrected chi connectivity index (χ2v) is 16.1. The first kappa shape index (κ1) is 41.9.